The van der Waals surface area contributed by atoms with Gasteiger partial charge < -0.3 is 9.64 Å². The molecular formula is C20H18BrNO3. The van der Waals surface area contributed by atoms with Gasteiger partial charge in [0.2, 0.25) is 0 Å². The fourth-order valence-electron chi connectivity index (χ4n) is 2.97. The second kappa shape index (κ2) is 7.66. The summed E-state index contributed by atoms with van der Waals surface area (Å²) in [5.41, 5.74) is 2.92. The number of carbonyl (C=O) groups is 2. The molecule has 25 heavy (non-hydrogen) atoms. The Morgan fingerprint density at radius 3 is 2.84 bits per heavy atom. The summed E-state index contributed by atoms with van der Waals surface area (Å²) in [7, 11) is 0. The molecule has 0 spiro atoms. The van der Waals surface area contributed by atoms with Crippen LogP contribution in [-0.2, 0) is 20.7 Å². The average Bonchev–Trinajstić information content (AvgIpc) is 2.93. The molecule has 0 fully saturated rings. The van der Waals surface area contributed by atoms with Crippen LogP contribution in [0.1, 0.15) is 18.1 Å². The number of carbonyl (C=O) groups excluding carboxylic acids is 2. The molecule has 1 aliphatic rings. The number of esters is 1. The molecule has 0 N–H and O–H groups in total. The van der Waals surface area contributed by atoms with Crippen LogP contribution in [0.4, 0.5) is 5.69 Å². The van der Waals surface area contributed by atoms with E-state index in [1.807, 2.05) is 55.5 Å². The zero-order chi connectivity index (χ0) is 17.8. The van der Waals surface area contributed by atoms with Gasteiger partial charge in [-0.15, -0.1) is 0 Å². The van der Waals surface area contributed by atoms with Gasteiger partial charge in [0.15, 0.2) is 6.61 Å². The Morgan fingerprint density at radius 2 is 2.04 bits per heavy atom. The van der Waals surface area contributed by atoms with Crippen molar-refractivity contribution in [2.75, 3.05) is 11.5 Å². The minimum absolute atomic E-state index is 0.0702. The lowest BCUT2D eigenvalue weighted by Gasteiger charge is -2.22. The van der Waals surface area contributed by atoms with Crippen molar-refractivity contribution in [2.45, 2.75) is 19.4 Å². The first-order chi connectivity index (χ1) is 12.0. The van der Waals surface area contributed by atoms with E-state index in [1.165, 1.54) is 6.08 Å². The summed E-state index contributed by atoms with van der Waals surface area (Å²) in [6.07, 6.45) is 3.81. The molecule has 2 aromatic carbocycles. The molecule has 0 radical (unpaired) electrons. The van der Waals surface area contributed by atoms with Crippen LogP contribution in [0.15, 0.2) is 59.1 Å². The Morgan fingerprint density at radius 1 is 1.24 bits per heavy atom. The Labute approximate surface area is 155 Å². The van der Waals surface area contributed by atoms with E-state index in [2.05, 4.69) is 15.9 Å². The third-order valence-electron chi connectivity index (χ3n) is 4.07. The maximum absolute atomic E-state index is 12.5. The van der Waals surface area contributed by atoms with Crippen molar-refractivity contribution < 1.29 is 14.3 Å². The second-order valence-electron chi connectivity index (χ2n) is 5.94. The Balaban J connectivity index is 1.58. The molecule has 1 amide bonds. The normalized spacial score (nSPS) is 16.1. The smallest absolute Gasteiger partial charge is 0.331 e. The zero-order valence-corrected chi connectivity index (χ0v) is 15.4. The Kier molecular flexibility index (Phi) is 5.34. The van der Waals surface area contributed by atoms with E-state index in [-0.39, 0.29) is 18.6 Å². The monoisotopic (exact) mass is 399 g/mol. The van der Waals surface area contributed by atoms with Crippen molar-refractivity contribution in [3.8, 4) is 0 Å². The third kappa shape index (κ3) is 4.17. The quantitative estimate of drug-likeness (QED) is 0.576. The van der Waals surface area contributed by atoms with E-state index in [0.29, 0.717) is 0 Å². The van der Waals surface area contributed by atoms with E-state index < -0.39 is 5.97 Å². The van der Waals surface area contributed by atoms with E-state index >= 15 is 0 Å². The van der Waals surface area contributed by atoms with Crippen LogP contribution in [0, 0.1) is 0 Å². The first kappa shape index (κ1) is 17.4. The number of rotatable bonds is 4. The largest absolute Gasteiger partial charge is 0.452 e. The van der Waals surface area contributed by atoms with Crippen molar-refractivity contribution in [1.29, 1.82) is 0 Å². The van der Waals surface area contributed by atoms with Crippen LogP contribution in [0.5, 0.6) is 0 Å². The minimum Gasteiger partial charge on any atom is -0.452 e. The molecule has 1 aliphatic heterocycles. The molecule has 0 aliphatic carbocycles. The molecule has 4 nitrogen and oxygen atoms in total. The average molecular weight is 400 g/mol. The summed E-state index contributed by atoms with van der Waals surface area (Å²) in [6.45, 7) is 1.73. The van der Waals surface area contributed by atoms with Crippen molar-refractivity contribution >= 4 is 39.6 Å². The molecule has 0 unspecified atom stereocenters. The molecular weight excluding hydrogens is 382 g/mol. The summed E-state index contributed by atoms with van der Waals surface area (Å²) in [5, 5.41) is 0. The van der Waals surface area contributed by atoms with Gasteiger partial charge in [-0.05, 0) is 48.7 Å². The van der Waals surface area contributed by atoms with Crippen LogP contribution in [0.2, 0.25) is 0 Å². The summed E-state index contributed by atoms with van der Waals surface area (Å²) in [4.78, 5) is 26.0. The number of benzene rings is 2. The highest BCUT2D eigenvalue weighted by Crippen LogP contribution is 2.31. The second-order valence-corrected chi connectivity index (χ2v) is 6.86. The standard InChI is InChI=1S/C20H18BrNO3/c1-14-11-16-6-2-3-8-18(16)22(14)19(23)13-25-20(24)10-9-15-5-4-7-17(21)12-15/h2-10,12,14H,11,13H2,1H3/b10-9+/t14-/m0/s1. The van der Waals surface area contributed by atoms with Gasteiger partial charge in [-0.3, -0.25) is 4.79 Å². The summed E-state index contributed by atoms with van der Waals surface area (Å²) >= 11 is 3.38. The van der Waals surface area contributed by atoms with Gasteiger partial charge in [0.05, 0.1) is 0 Å². The number of nitrogens with zero attached hydrogens (tertiary/aromatic N) is 1. The van der Waals surface area contributed by atoms with Gasteiger partial charge in [-0.25, -0.2) is 4.79 Å². The third-order valence-corrected chi connectivity index (χ3v) is 4.57. The highest BCUT2D eigenvalue weighted by molar-refractivity contribution is 9.10. The number of hydrogen-bond acceptors (Lipinski definition) is 3. The van der Waals surface area contributed by atoms with Gasteiger partial charge >= 0.3 is 5.97 Å². The van der Waals surface area contributed by atoms with Crippen molar-refractivity contribution in [3.05, 3.63) is 70.2 Å². The van der Waals surface area contributed by atoms with Crippen molar-refractivity contribution in [2.24, 2.45) is 0 Å². The lowest BCUT2D eigenvalue weighted by molar-refractivity contribution is -0.143. The van der Waals surface area contributed by atoms with E-state index in [1.54, 1.807) is 11.0 Å². The molecule has 2 aromatic rings. The molecule has 0 aromatic heterocycles. The fourth-order valence-corrected chi connectivity index (χ4v) is 3.39. The number of halogens is 1. The number of amides is 1. The van der Waals surface area contributed by atoms with Gasteiger partial charge in [0.25, 0.3) is 5.91 Å². The van der Waals surface area contributed by atoms with Crippen molar-refractivity contribution in [3.63, 3.8) is 0 Å². The lowest BCUT2D eigenvalue weighted by Crippen LogP contribution is -2.38. The number of anilines is 1. The predicted molar refractivity (Wildman–Crippen MR) is 101 cm³/mol. The lowest BCUT2D eigenvalue weighted by atomic mass is 10.1. The van der Waals surface area contributed by atoms with Gasteiger partial charge in [-0.1, -0.05) is 46.3 Å². The van der Waals surface area contributed by atoms with E-state index in [9.17, 15) is 9.59 Å². The predicted octanol–water partition coefficient (Wildman–Crippen LogP) is 3.98. The SMILES string of the molecule is C[C@H]1Cc2ccccc2N1C(=O)COC(=O)/C=C/c1cccc(Br)c1. The zero-order valence-electron chi connectivity index (χ0n) is 13.8. The molecule has 1 heterocycles. The van der Waals surface area contributed by atoms with Gasteiger partial charge in [0.1, 0.15) is 0 Å². The van der Waals surface area contributed by atoms with Crippen molar-refractivity contribution in [1.82, 2.24) is 0 Å². The summed E-state index contributed by atoms with van der Waals surface area (Å²) in [5.74, 6) is -0.741. The van der Waals surface area contributed by atoms with Crippen LogP contribution < -0.4 is 4.90 Å². The molecule has 5 heteroatoms. The number of para-hydroxylation sites is 1. The molecule has 0 saturated carbocycles. The Bertz CT molecular complexity index is 831. The molecule has 3 rings (SSSR count). The maximum Gasteiger partial charge on any atom is 0.331 e. The van der Waals surface area contributed by atoms with Crippen LogP contribution in [0.3, 0.4) is 0 Å². The van der Waals surface area contributed by atoms with Gasteiger partial charge in [0, 0.05) is 22.3 Å². The fraction of sp³-hybridized carbons (Fsp3) is 0.200. The maximum atomic E-state index is 12.5. The summed E-state index contributed by atoms with van der Waals surface area (Å²) in [6, 6.07) is 15.4. The molecule has 0 saturated heterocycles. The number of ether oxygens (including phenoxy) is 1. The highest BCUT2D eigenvalue weighted by Gasteiger charge is 2.30. The first-order valence-corrected chi connectivity index (χ1v) is 8.84. The number of fused-ring (bicyclic) bond motifs is 1. The van der Waals surface area contributed by atoms with Crippen LogP contribution >= 0.6 is 15.9 Å². The Hall–Kier alpha value is -2.40. The molecule has 0 bridgehead atoms. The molecule has 1 atom stereocenters. The topological polar surface area (TPSA) is 46.6 Å². The van der Waals surface area contributed by atoms with E-state index in [4.69, 9.17) is 4.74 Å². The first-order valence-electron chi connectivity index (χ1n) is 8.05. The number of hydrogen-bond donors (Lipinski definition) is 0. The van der Waals surface area contributed by atoms with Gasteiger partial charge in [-0.2, -0.15) is 0 Å². The highest BCUT2D eigenvalue weighted by atomic mass is 79.9. The van der Waals surface area contributed by atoms with Crippen LogP contribution in [-0.4, -0.2) is 24.5 Å². The molecule has 128 valence electrons. The minimum atomic E-state index is -0.534. The van der Waals surface area contributed by atoms with E-state index in [0.717, 1.165) is 27.7 Å². The van der Waals surface area contributed by atoms with Crippen LogP contribution in [0.25, 0.3) is 6.08 Å². The summed E-state index contributed by atoms with van der Waals surface area (Å²) < 4.78 is 6.03.